The molecule has 4 heteroatoms. The molecule has 0 aliphatic carbocycles. The second-order valence-electron chi connectivity index (χ2n) is 5.91. The first-order chi connectivity index (χ1) is 10.6. The molecule has 1 amide bonds. The minimum Gasteiger partial charge on any atom is -0.497 e. The highest BCUT2D eigenvalue weighted by molar-refractivity contribution is 5.95. The van der Waals surface area contributed by atoms with Crippen LogP contribution < -0.4 is 10.1 Å². The van der Waals surface area contributed by atoms with Gasteiger partial charge >= 0.3 is 0 Å². The highest BCUT2D eigenvalue weighted by Gasteiger charge is 2.22. The van der Waals surface area contributed by atoms with Crippen LogP contribution in [0.15, 0.2) is 30.3 Å². The molecule has 4 nitrogen and oxygen atoms in total. The van der Waals surface area contributed by atoms with Gasteiger partial charge in [0, 0.05) is 19.2 Å². The maximum absolute atomic E-state index is 12.5. The summed E-state index contributed by atoms with van der Waals surface area (Å²) in [5.41, 5.74) is 2.00. The summed E-state index contributed by atoms with van der Waals surface area (Å²) < 4.78 is 5.24. The first-order valence-corrected chi connectivity index (χ1v) is 7.90. The van der Waals surface area contributed by atoms with Gasteiger partial charge in [-0.3, -0.25) is 4.79 Å². The van der Waals surface area contributed by atoms with Gasteiger partial charge in [0.05, 0.1) is 7.11 Å². The average Bonchev–Trinajstić information content (AvgIpc) is 2.55. The van der Waals surface area contributed by atoms with E-state index in [2.05, 4.69) is 5.32 Å². The van der Waals surface area contributed by atoms with Crippen molar-refractivity contribution in [1.29, 1.82) is 0 Å². The number of carbonyl (C=O) groups excluding carboxylic acids is 1. The van der Waals surface area contributed by atoms with Gasteiger partial charge in [-0.25, -0.2) is 0 Å². The number of amides is 1. The summed E-state index contributed by atoms with van der Waals surface area (Å²) in [6, 6.07) is 7.81. The van der Waals surface area contributed by atoms with Crippen molar-refractivity contribution in [1.82, 2.24) is 10.2 Å². The van der Waals surface area contributed by atoms with Gasteiger partial charge in [-0.15, -0.1) is 0 Å². The Morgan fingerprint density at radius 3 is 3.05 bits per heavy atom. The number of nitrogens with one attached hydrogen (secondary N) is 1. The van der Waals surface area contributed by atoms with Crippen LogP contribution in [-0.2, 0) is 4.79 Å². The lowest BCUT2D eigenvalue weighted by Crippen LogP contribution is -2.41. The Kier molecular flexibility index (Phi) is 6.01. The molecule has 0 spiro atoms. The van der Waals surface area contributed by atoms with E-state index in [-0.39, 0.29) is 5.91 Å². The van der Waals surface area contributed by atoms with Crippen LogP contribution in [0.4, 0.5) is 0 Å². The molecule has 1 unspecified atom stereocenters. The van der Waals surface area contributed by atoms with Crippen molar-refractivity contribution < 1.29 is 9.53 Å². The number of carbonyl (C=O) groups is 1. The molecular weight excluding hydrogens is 276 g/mol. The quantitative estimate of drug-likeness (QED) is 0.850. The van der Waals surface area contributed by atoms with Crippen LogP contribution in [0.2, 0.25) is 0 Å². The van der Waals surface area contributed by atoms with Gasteiger partial charge in [-0.05, 0) is 62.5 Å². The van der Waals surface area contributed by atoms with Gasteiger partial charge in [0.15, 0.2) is 0 Å². The van der Waals surface area contributed by atoms with E-state index in [1.807, 2.05) is 43.1 Å². The molecule has 1 fully saturated rings. The monoisotopic (exact) mass is 302 g/mol. The lowest BCUT2D eigenvalue weighted by atomic mass is 9.97. The number of methoxy groups -OCH3 is 1. The lowest BCUT2D eigenvalue weighted by Gasteiger charge is -2.32. The summed E-state index contributed by atoms with van der Waals surface area (Å²) in [7, 11) is 3.62. The number of nitrogens with zero attached hydrogens (tertiary/aromatic N) is 1. The Morgan fingerprint density at radius 2 is 2.32 bits per heavy atom. The molecule has 1 saturated heterocycles. The van der Waals surface area contributed by atoms with E-state index in [4.69, 9.17) is 4.74 Å². The number of piperidine rings is 1. The third kappa shape index (κ3) is 4.34. The van der Waals surface area contributed by atoms with E-state index < -0.39 is 0 Å². The SMILES string of the molecule is CNCC1CCCN(C(=O)/C=C(/C)c2cccc(OC)c2)C1. The third-order valence-electron chi connectivity index (χ3n) is 4.19. The van der Waals surface area contributed by atoms with E-state index in [1.54, 1.807) is 13.2 Å². The topological polar surface area (TPSA) is 41.6 Å². The summed E-state index contributed by atoms with van der Waals surface area (Å²) in [6.45, 7) is 4.66. The van der Waals surface area contributed by atoms with Gasteiger partial charge in [0.2, 0.25) is 5.91 Å². The van der Waals surface area contributed by atoms with Crippen LogP contribution in [0.1, 0.15) is 25.3 Å². The van der Waals surface area contributed by atoms with Crippen molar-refractivity contribution in [2.75, 3.05) is 33.8 Å². The Balaban J connectivity index is 2.05. The maximum Gasteiger partial charge on any atom is 0.246 e. The Bertz CT molecular complexity index is 538. The highest BCUT2D eigenvalue weighted by Crippen LogP contribution is 2.21. The van der Waals surface area contributed by atoms with Crippen molar-refractivity contribution in [2.45, 2.75) is 19.8 Å². The first-order valence-electron chi connectivity index (χ1n) is 7.90. The van der Waals surface area contributed by atoms with Gasteiger partial charge < -0.3 is 15.0 Å². The highest BCUT2D eigenvalue weighted by atomic mass is 16.5. The van der Waals surface area contributed by atoms with E-state index >= 15 is 0 Å². The predicted molar refractivity (Wildman–Crippen MR) is 89.9 cm³/mol. The Labute approximate surface area is 133 Å². The van der Waals surface area contributed by atoms with Crippen LogP contribution >= 0.6 is 0 Å². The summed E-state index contributed by atoms with van der Waals surface area (Å²) in [5.74, 6) is 1.49. The van der Waals surface area contributed by atoms with Crippen LogP contribution in [0.25, 0.3) is 5.57 Å². The van der Waals surface area contributed by atoms with Crippen LogP contribution in [0.5, 0.6) is 5.75 Å². The summed E-state index contributed by atoms with van der Waals surface area (Å²) in [6.07, 6.45) is 4.03. The van der Waals surface area contributed by atoms with E-state index in [0.717, 1.165) is 42.9 Å². The summed E-state index contributed by atoms with van der Waals surface area (Å²) in [5, 5.41) is 3.21. The fourth-order valence-corrected chi connectivity index (χ4v) is 2.95. The van der Waals surface area contributed by atoms with Gasteiger partial charge in [0.1, 0.15) is 5.75 Å². The molecule has 22 heavy (non-hydrogen) atoms. The van der Waals surface area contributed by atoms with Crippen molar-refractivity contribution in [3.8, 4) is 5.75 Å². The van der Waals surface area contributed by atoms with Crippen molar-refractivity contribution in [3.63, 3.8) is 0 Å². The Hall–Kier alpha value is -1.81. The molecule has 1 aromatic carbocycles. The molecule has 0 saturated carbocycles. The number of ether oxygens (including phenoxy) is 1. The normalized spacial score (nSPS) is 19.1. The van der Waals surface area contributed by atoms with Crippen molar-refractivity contribution >= 4 is 11.5 Å². The molecule has 0 bridgehead atoms. The van der Waals surface area contributed by atoms with Gasteiger partial charge in [-0.2, -0.15) is 0 Å². The number of likely N-dealkylation sites (tertiary alicyclic amines) is 1. The number of rotatable bonds is 5. The smallest absolute Gasteiger partial charge is 0.246 e. The fourth-order valence-electron chi connectivity index (χ4n) is 2.95. The zero-order valence-corrected chi connectivity index (χ0v) is 13.8. The second kappa shape index (κ2) is 7.99. The van der Waals surface area contributed by atoms with Gasteiger partial charge in [-0.1, -0.05) is 12.1 Å². The van der Waals surface area contributed by atoms with Crippen LogP contribution in [0, 0.1) is 5.92 Å². The predicted octanol–water partition coefficient (Wildman–Crippen LogP) is 2.56. The molecule has 0 aromatic heterocycles. The molecule has 2 rings (SSSR count). The zero-order chi connectivity index (χ0) is 15.9. The number of benzene rings is 1. The maximum atomic E-state index is 12.5. The minimum absolute atomic E-state index is 0.112. The van der Waals surface area contributed by atoms with E-state index in [9.17, 15) is 4.79 Å². The van der Waals surface area contributed by atoms with Gasteiger partial charge in [0.25, 0.3) is 0 Å². The largest absolute Gasteiger partial charge is 0.497 e. The van der Waals surface area contributed by atoms with Crippen molar-refractivity contribution in [2.24, 2.45) is 5.92 Å². The number of allylic oxidation sites excluding steroid dienone is 1. The molecule has 0 radical (unpaired) electrons. The zero-order valence-electron chi connectivity index (χ0n) is 13.8. The molecule has 1 aliphatic rings. The van der Waals surface area contributed by atoms with E-state index in [0.29, 0.717) is 5.92 Å². The molecule has 1 heterocycles. The minimum atomic E-state index is 0.112. The van der Waals surface area contributed by atoms with Crippen LogP contribution in [0.3, 0.4) is 0 Å². The molecular formula is C18H26N2O2. The standard InChI is InChI=1S/C18H26N2O2/c1-14(16-7-4-8-17(11-16)22-3)10-18(21)20-9-5-6-15(13-20)12-19-2/h4,7-8,10-11,15,19H,5-6,9,12-13H2,1-3H3/b14-10-. The van der Waals surface area contributed by atoms with Crippen molar-refractivity contribution in [3.05, 3.63) is 35.9 Å². The number of hydrogen-bond acceptors (Lipinski definition) is 3. The average molecular weight is 302 g/mol. The van der Waals surface area contributed by atoms with E-state index in [1.165, 1.54) is 6.42 Å². The molecule has 120 valence electrons. The molecule has 1 aliphatic heterocycles. The Morgan fingerprint density at radius 1 is 1.50 bits per heavy atom. The second-order valence-corrected chi connectivity index (χ2v) is 5.91. The number of hydrogen-bond donors (Lipinski definition) is 1. The molecule has 1 atom stereocenters. The van der Waals surface area contributed by atoms with Crippen LogP contribution in [-0.4, -0.2) is 44.6 Å². The summed E-state index contributed by atoms with van der Waals surface area (Å²) >= 11 is 0. The third-order valence-corrected chi connectivity index (χ3v) is 4.19. The summed E-state index contributed by atoms with van der Waals surface area (Å²) in [4.78, 5) is 14.5. The fraction of sp³-hybridized carbons (Fsp3) is 0.500. The first kappa shape index (κ1) is 16.6. The lowest BCUT2D eigenvalue weighted by molar-refractivity contribution is -0.127. The molecule has 1 N–H and O–H groups in total. The molecule has 1 aromatic rings.